The zero-order valence-electron chi connectivity index (χ0n) is 10.7. The molecule has 19 heavy (non-hydrogen) atoms. The highest BCUT2D eigenvalue weighted by Crippen LogP contribution is 2.26. The van der Waals surface area contributed by atoms with Gasteiger partial charge >= 0.3 is 5.97 Å². The lowest BCUT2D eigenvalue weighted by Gasteiger charge is -2.10. The molecule has 0 aliphatic carbocycles. The van der Waals surface area contributed by atoms with E-state index in [0.29, 0.717) is 11.3 Å². The molecule has 6 heteroatoms. The molecule has 0 fully saturated rings. The molecule has 4 nitrogen and oxygen atoms in total. The number of rotatable bonds is 4. The highest BCUT2D eigenvalue weighted by Gasteiger charge is 2.19. The second kappa shape index (κ2) is 5.57. The van der Waals surface area contributed by atoms with Crippen molar-refractivity contribution in [3.05, 3.63) is 29.8 Å². The number of carbonyl (C=O) groups is 1. The molecule has 1 aromatic carbocycles. The van der Waals surface area contributed by atoms with Gasteiger partial charge in [0.25, 0.3) is 0 Å². The van der Waals surface area contributed by atoms with Crippen molar-refractivity contribution < 1.29 is 13.9 Å². The summed E-state index contributed by atoms with van der Waals surface area (Å²) in [4.78, 5) is 15.9. The van der Waals surface area contributed by atoms with Crippen LogP contribution < -0.4 is 0 Å². The Kier molecular flexibility index (Phi) is 4.04. The number of alkyl halides is 1. The van der Waals surface area contributed by atoms with Gasteiger partial charge in [0.2, 0.25) is 0 Å². The lowest BCUT2D eigenvalue weighted by atomic mass is 10.3. The van der Waals surface area contributed by atoms with Gasteiger partial charge in [-0.25, -0.2) is 9.37 Å². The van der Waals surface area contributed by atoms with Crippen molar-refractivity contribution in [3.63, 3.8) is 0 Å². The molecule has 0 N–H and O–H groups in total. The van der Waals surface area contributed by atoms with Crippen molar-refractivity contribution in [1.82, 2.24) is 9.55 Å². The molecule has 1 heterocycles. The van der Waals surface area contributed by atoms with Crippen molar-refractivity contribution >= 4 is 28.6 Å². The van der Waals surface area contributed by atoms with Crippen molar-refractivity contribution in [2.75, 3.05) is 6.61 Å². The van der Waals surface area contributed by atoms with Crippen LogP contribution in [-0.2, 0) is 16.1 Å². The van der Waals surface area contributed by atoms with Gasteiger partial charge in [0, 0.05) is 0 Å². The molecule has 0 amide bonds. The van der Waals surface area contributed by atoms with Crippen molar-refractivity contribution in [2.24, 2.45) is 0 Å². The van der Waals surface area contributed by atoms with E-state index in [2.05, 4.69) is 4.98 Å². The van der Waals surface area contributed by atoms with Crippen LogP contribution in [0.4, 0.5) is 4.39 Å². The van der Waals surface area contributed by atoms with Gasteiger partial charge in [0.1, 0.15) is 23.7 Å². The third-order valence-corrected chi connectivity index (χ3v) is 2.89. The minimum atomic E-state index is -0.441. The quantitative estimate of drug-likeness (QED) is 0.640. The Hall–Kier alpha value is -1.62. The van der Waals surface area contributed by atoms with Gasteiger partial charge < -0.3 is 9.30 Å². The van der Waals surface area contributed by atoms with E-state index in [4.69, 9.17) is 16.3 Å². The normalized spacial score (nSPS) is 12.6. The Morgan fingerprint density at radius 2 is 2.32 bits per heavy atom. The monoisotopic (exact) mass is 284 g/mol. The molecule has 0 aliphatic heterocycles. The maximum atomic E-state index is 13.9. The number of aromatic nitrogens is 2. The lowest BCUT2D eigenvalue weighted by Crippen LogP contribution is -2.16. The number of carbonyl (C=O) groups excluding carboxylic acids is 1. The van der Waals surface area contributed by atoms with E-state index in [-0.39, 0.29) is 18.7 Å². The van der Waals surface area contributed by atoms with Gasteiger partial charge in [-0.15, -0.1) is 11.6 Å². The Morgan fingerprint density at radius 1 is 1.58 bits per heavy atom. The summed E-state index contributed by atoms with van der Waals surface area (Å²) in [6, 6.07) is 4.58. The first kappa shape index (κ1) is 13.8. The Morgan fingerprint density at radius 3 is 2.95 bits per heavy atom. The molecule has 1 aromatic heterocycles. The SMILES string of the molecule is CCOC(=O)Cn1c(C(C)Cl)nc2cccc(F)c21. The molecule has 2 rings (SSSR count). The number of hydrogen-bond acceptors (Lipinski definition) is 3. The maximum absolute atomic E-state index is 13.9. The van der Waals surface area contributed by atoms with Crippen LogP contribution >= 0.6 is 11.6 Å². The van der Waals surface area contributed by atoms with Gasteiger partial charge in [-0.05, 0) is 26.0 Å². The molecular weight excluding hydrogens is 271 g/mol. The number of esters is 1. The van der Waals surface area contributed by atoms with Crippen LogP contribution in [0.2, 0.25) is 0 Å². The fourth-order valence-corrected chi connectivity index (χ4v) is 2.13. The van der Waals surface area contributed by atoms with E-state index in [0.717, 1.165) is 0 Å². The molecule has 1 atom stereocenters. The minimum absolute atomic E-state index is 0.0995. The zero-order chi connectivity index (χ0) is 14.0. The van der Waals surface area contributed by atoms with E-state index in [1.54, 1.807) is 26.0 Å². The summed E-state index contributed by atoms with van der Waals surface area (Å²) in [5.41, 5.74) is 0.754. The number of fused-ring (bicyclic) bond motifs is 1. The number of halogens is 2. The fraction of sp³-hybridized carbons (Fsp3) is 0.385. The summed E-state index contributed by atoms with van der Waals surface area (Å²) in [5.74, 6) is -0.420. The molecule has 0 aliphatic rings. The van der Waals surface area contributed by atoms with Crippen LogP contribution in [0.3, 0.4) is 0 Å². The van der Waals surface area contributed by atoms with E-state index in [1.807, 2.05) is 0 Å². The van der Waals surface area contributed by atoms with Gasteiger partial charge in [-0.3, -0.25) is 4.79 Å². The Labute approximate surface area is 115 Å². The van der Waals surface area contributed by atoms with Crippen LogP contribution in [0, 0.1) is 5.82 Å². The van der Waals surface area contributed by atoms with Crippen LogP contribution in [-0.4, -0.2) is 22.1 Å². The largest absolute Gasteiger partial charge is 0.465 e. The minimum Gasteiger partial charge on any atom is -0.465 e. The third-order valence-electron chi connectivity index (χ3n) is 2.70. The number of benzene rings is 1. The van der Waals surface area contributed by atoms with E-state index < -0.39 is 17.2 Å². The number of hydrogen-bond donors (Lipinski definition) is 0. The van der Waals surface area contributed by atoms with Crippen LogP contribution in [0.5, 0.6) is 0 Å². The Balaban J connectivity index is 2.54. The second-order valence-electron chi connectivity index (χ2n) is 4.08. The summed E-state index contributed by atoms with van der Waals surface area (Å²) in [6.07, 6.45) is 0. The summed E-state index contributed by atoms with van der Waals surface area (Å²) < 4.78 is 20.3. The summed E-state index contributed by atoms with van der Waals surface area (Å²) in [5, 5.41) is -0.429. The van der Waals surface area contributed by atoms with Gasteiger partial charge in [0.05, 0.1) is 17.5 Å². The van der Waals surface area contributed by atoms with E-state index in [9.17, 15) is 9.18 Å². The summed E-state index contributed by atoms with van der Waals surface area (Å²) in [7, 11) is 0. The number of para-hydroxylation sites is 1. The van der Waals surface area contributed by atoms with Crippen molar-refractivity contribution in [2.45, 2.75) is 25.8 Å². The molecule has 0 bridgehead atoms. The molecule has 102 valence electrons. The predicted molar refractivity (Wildman–Crippen MR) is 70.6 cm³/mol. The molecule has 0 saturated carbocycles. The second-order valence-corrected chi connectivity index (χ2v) is 4.74. The predicted octanol–water partition coefficient (Wildman–Crippen LogP) is 3.04. The Bertz CT molecular complexity index is 610. The number of nitrogens with zero attached hydrogens (tertiary/aromatic N) is 2. The molecule has 0 saturated heterocycles. The highest BCUT2D eigenvalue weighted by molar-refractivity contribution is 6.20. The van der Waals surface area contributed by atoms with E-state index in [1.165, 1.54) is 10.6 Å². The molecule has 0 spiro atoms. The molecule has 0 radical (unpaired) electrons. The fourth-order valence-electron chi connectivity index (χ4n) is 1.96. The van der Waals surface area contributed by atoms with Crippen LogP contribution in [0.25, 0.3) is 11.0 Å². The smallest absolute Gasteiger partial charge is 0.326 e. The summed E-state index contributed by atoms with van der Waals surface area (Å²) in [6.45, 7) is 3.62. The first-order valence-corrected chi connectivity index (χ1v) is 6.42. The summed E-state index contributed by atoms with van der Waals surface area (Å²) >= 11 is 6.03. The van der Waals surface area contributed by atoms with Gasteiger partial charge in [-0.1, -0.05) is 6.07 Å². The lowest BCUT2D eigenvalue weighted by molar-refractivity contribution is -0.143. The number of ether oxygens (including phenoxy) is 1. The molecule has 2 aromatic rings. The van der Waals surface area contributed by atoms with Crippen LogP contribution in [0.15, 0.2) is 18.2 Å². The molecular formula is C13H14ClFN2O2. The molecule has 1 unspecified atom stereocenters. The maximum Gasteiger partial charge on any atom is 0.326 e. The van der Waals surface area contributed by atoms with Crippen LogP contribution in [0.1, 0.15) is 25.0 Å². The van der Waals surface area contributed by atoms with E-state index >= 15 is 0 Å². The average molecular weight is 285 g/mol. The highest BCUT2D eigenvalue weighted by atomic mass is 35.5. The first-order valence-electron chi connectivity index (χ1n) is 5.99. The third kappa shape index (κ3) is 2.71. The van der Waals surface area contributed by atoms with Crippen molar-refractivity contribution in [3.8, 4) is 0 Å². The average Bonchev–Trinajstić information content (AvgIpc) is 2.70. The standard InChI is InChI=1S/C13H14ClFN2O2/c1-3-19-11(18)7-17-12-9(15)5-4-6-10(12)16-13(17)8(2)14/h4-6,8H,3,7H2,1-2H3. The topological polar surface area (TPSA) is 44.1 Å². The zero-order valence-corrected chi connectivity index (χ0v) is 11.4. The van der Waals surface area contributed by atoms with Crippen molar-refractivity contribution in [1.29, 1.82) is 0 Å². The number of imidazole rings is 1. The first-order chi connectivity index (χ1) is 9.04. The van der Waals surface area contributed by atoms with Gasteiger partial charge in [0.15, 0.2) is 0 Å². The van der Waals surface area contributed by atoms with Gasteiger partial charge in [-0.2, -0.15) is 0 Å².